The minimum Gasteiger partial charge on any atom is -0.493 e. The Morgan fingerprint density at radius 2 is 1.80 bits per heavy atom. The summed E-state index contributed by atoms with van der Waals surface area (Å²) in [4.78, 5) is 2.63. The summed E-state index contributed by atoms with van der Waals surface area (Å²) in [6.07, 6.45) is 3.35. The number of piperidine rings is 1. The minimum absolute atomic E-state index is 0. The summed E-state index contributed by atoms with van der Waals surface area (Å²) in [5.74, 6) is 2.99. The molecule has 0 spiro atoms. The van der Waals surface area contributed by atoms with Crippen molar-refractivity contribution in [3.63, 3.8) is 0 Å². The molecule has 0 saturated carbocycles. The summed E-state index contributed by atoms with van der Waals surface area (Å²) >= 11 is 0. The molecule has 4 nitrogen and oxygen atoms in total. The molecule has 1 aromatic rings. The Balaban J connectivity index is 0.00000156. The van der Waals surface area contributed by atoms with E-state index in [9.17, 15) is 0 Å². The third-order valence-corrected chi connectivity index (χ3v) is 5.46. The van der Waals surface area contributed by atoms with Crippen molar-refractivity contribution >= 4 is 24.8 Å². The van der Waals surface area contributed by atoms with Crippen molar-refractivity contribution in [1.29, 1.82) is 0 Å². The molecule has 2 aliphatic rings. The zero-order valence-electron chi connectivity index (χ0n) is 15.7. The zero-order chi connectivity index (χ0) is 16.6. The molecule has 0 bridgehead atoms. The Morgan fingerprint density at radius 1 is 1.16 bits per heavy atom. The van der Waals surface area contributed by atoms with Gasteiger partial charge in [0.1, 0.15) is 0 Å². The lowest BCUT2D eigenvalue weighted by molar-refractivity contribution is 0.0739. The van der Waals surface area contributed by atoms with Gasteiger partial charge in [-0.25, -0.2) is 0 Å². The molecule has 144 valence electrons. The number of fused-ring (bicyclic) bond motifs is 3. The summed E-state index contributed by atoms with van der Waals surface area (Å²) in [6.45, 7) is 6.83. The van der Waals surface area contributed by atoms with Crippen LogP contribution in [-0.2, 0) is 6.42 Å². The van der Waals surface area contributed by atoms with Crippen molar-refractivity contribution in [2.45, 2.75) is 45.2 Å². The molecule has 0 aromatic heterocycles. The van der Waals surface area contributed by atoms with Crippen LogP contribution in [0.4, 0.5) is 0 Å². The number of nitrogens with two attached hydrogens (primary N) is 1. The van der Waals surface area contributed by atoms with Gasteiger partial charge in [0, 0.05) is 25.2 Å². The van der Waals surface area contributed by atoms with Crippen LogP contribution in [0.1, 0.15) is 43.9 Å². The molecule has 1 saturated heterocycles. The lowest BCUT2D eigenvalue weighted by Crippen LogP contribution is -2.51. The topological polar surface area (TPSA) is 47.7 Å². The van der Waals surface area contributed by atoms with Gasteiger partial charge >= 0.3 is 0 Å². The van der Waals surface area contributed by atoms with Crippen LogP contribution in [0.5, 0.6) is 11.5 Å². The largest absolute Gasteiger partial charge is 0.493 e. The predicted octanol–water partition coefficient (Wildman–Crippen LogP) is 3.84. The van der Waals surface area contributed by atoms with Crippen LogP contribution in [0.2, 0.25) is 0 Å². The lowest BCUT2D eigenvalue weighted by Gasteiger charge is -2.46. The average Bonchev–Trinajstić information content (AvgIpc) is 2.53. The summed E-state index contributed by atoms with van der Waals surface area (Å²) in [5, 5.41) is 0. The zero-order valence-corrected chi connectivity index (χ0v) is 17.3. The van der Waals surface area contributed by atoms with E-state index in [2.05, 4.69) is 30.9 Å². The van der Waals surface area contributed by atoms with E-state index in [-0.39, 0.29) is 30.9 Å². The molecule has 2 heterocycles. The molecule has 0 aliphatic carbocycles. The average molecular weight is 391 g/mol. The fourth-order valence-electron chi connectivity index (χ4n) is 4.32. The maximum Gasteiger partial charge on any atom is 0.161 e. The van der Waals surface area contributed by atoms with Gasteiger partial charge in [-0.3, -0.25) is 4.90 Å². The highest BCUT2D eigenvalue weighted by atomic mass is 35.5. The number of ether oxygens (including phenoxy) is 2. The quantitative estimate of drug-likeness (QED) is 0.847. The monoisotopic (exact) mass is 390 g/mol. The third kappa shape index (κ3) is 4.54. The van der Waals surface area contributed by atoms with Crippen LogP contribution in [0.3, 0.4) is 0 Å². The molecule has 0 amide bonds. The smallest absolute Gasteiger partial charge is 0.161 e. The van der Waals surface area contributed by atoms with E-state index in [4.69, 9.17) is 15.2 Å². The van der Waals surface area contributed by atoms with Gasteiger partial charge in [0.2, 0.25) is 0 Å². The highest BCUT2D eigenvalue weighted by Crippen LogP contribution is 2.43. The van der Waals surface area contributed by atoms with E-state index in [0.717, 1.165) is 37.4 Å². The van der Waals surface area contributed by atoms with Crippen molar-refractivity contribution < 1.29 is 9.47 Å². The molecule has 2 aliphatic heterocycles. The summed E-state index contributed by atoms with van der Waals surface area (Å²) in [7, 11) is 3.41. The Bertz CT molecular complexity index is 569. The van der Waals surface area contributed by atoms with Crippen molar-refractivity contribution in [2.75, 3.05) is 27.3 Å². The molecule has 3 atom stereocenters. The number of halogens is 2. The molecule has 1 fully saturated rings. The highest BCUT2D eigenvalue weighted by molar-refractivity contribution is 5.85. The van der Waals surface area contributed by atoms with Gasteiger partial charge in [-0.05, 0) is 54.4 Å². The van der Waals surface area contributed by atoms with Crippen LogP contribution in [0.15, 0.2) is 12.1 Å². The normalized spacial score (nSPS) is 25.3. The second kappa shape index (κ2) is 9.31. The number of nitrogens with zero attached hydrogens (tertiary/aromatic N) is 1. The number of benzene rings is 1. The van der Waals surface area contributed by atoms with Gasteiger partial charge in [-0.1, -0.05) is 13.8 Å². The van der Waals surface area contributed by atoms with Gasteiger partial charge in [0.25, 0.3) is 0 Å². The van der Waals surface area contributed by atoms with Crippen LogP contribution in [-0.4, -0.2) is 38.3 Å². The number of hydrogen-bond acceptors (Lipinski definition) is 4. The molecule has 6 heteroatoms. The van der Waals surface area contributed by atoms with E-state index >= 15 is 0 Å². The van der Waals surface area contributed by atoms with Gasteiger partial charge in [0.05, 0.1) is 14.2 Å². The SMILES string of the molecule is COc1cc2c(cc1OC)C1CC(N)C(CC(C)C)CN1CC2.Cl.Cl. The minimum atomic E-state index is 0. The molecule has 2 N–H and O–H groups in total. The second-order valence-corrected chi connectivity index (χ2v) is 7.46. The molecule has 1 aromatic carbocycles. The lowest BCUT2D eigenvalue weighted by atomic mass is 9.78. The van der Waals surface area contributed by atoms with E-state index in [1.165, 1.54) is 17.5 Å². The molecular formula is C19H32Cl2N2O2. The Morgan fingerprint density at radius 3 is 2.40 bits per heavy atom. The summed E-state index contributed by atoms with van der Waals surface area (Å²) in [6, 6.07) is 5.03. The standard InChI is InChI=1S/C19H30N2O2.2ClH/c1-12(2)7-14-11-21-6-5-13-8-18(22-3)19(23-4)9-15(13)17(21)10-16(14)20;;/h8-9,12,14,16-17H,5-7,10-11,20H2,1-4H3;2*1H. The van der Waals surface area contributed by atoms with Crippen LogP contribution >= 0.6 is 24.8 Å². The maximum atomic E-state index is 6.54. The number of methoxy groups -OCH3 is 2. The Labute approximate surface area is 164 Å². The fraction of sp³-hybridized carbons (Fsp3) is 0.684. The summed E-state index contributed by atoms with van der Waals surface area (Å²) < 4.78 is 11.0. The van der Waals surface area contributed by atoms with E-state index in [1.54, 1.807) is 14.2 Å². The Hall–Kier alpha value is -0.680. The Kier molecular flexibility index (Phi) is 8.33. The van der Waals surface area contributed by atoms with Crippen molar-refractivity contribution in [3.05, 3.63) is 23.3 Å². The maximum absolute atomic E-state index is 6.54. The van der Waals surface area contributed by atoms with Crippen LogP contribution in [0, 0.1) is 11.8 Å². The molecule has 25 heavy (non-hydrogen) atoms. The van der Waals surface area contributed by atoms with E-state index < -0.39 is 0 Å². The fourth-order valence-corrected chi connectivity index (χ4v) is 4.32. The van der Waals surface area contributed by atoms with E-state index in [0.29, 0.717) is 17.9 Å². The van der Waals surface area contributed by atoms with Gasteiger partial charge in [-0.15, -0.1) is 24.8 Å². The number of rotatable bonds is 4. The van der Waals surface area contributed by atoms with Crippen molar-refractivity contribution in [2.24, 2.45) is 17.6 Å². The molecule has 0 radical (unpaired) electrons. The first-order valence-corrected chi connectivity index (χ1v) is 8.77. The highest BCUT2D eigenvalue weighted by Gasteiger charge is 2.38. The molecule has 3 unspecified atom stereocenters. The molecule has 3 rings (SSSR count). The summed E-state index contributed by atoms with van der Waals surface area (Å²) in [5.41, 5.74) is 9.30. The van der Waals surface area contributed by atoms with Gasteiger partial charge in [-0.2, -0.15) is 0 Å². The van der Waals surface area contributed by atoms with E-state index in [1.807, 2.05) is 0 Å². The molecular weight excluding hydrogens is 359 g/mol. The van der Waals surface area contributed by atoms with Gasteiger partial charge in [0.15, 0.2) is 11.5 Å². The first kappa shape index (κ1) is 22.4. The second-order valence-electron chi connectivity index (χ2n) is 7.46. The number of hydrogen-bond donors (Lipinski definition) is 1. The van der Waals surface area contributed by atoms with Crippen LogP contribution < -0.4 is 15.2 Å². The van der Waals surface area contributed by atoms with Crippen molar-refractivity contribution in [3.8, 4) is 11.5 Å². The first-order chi connectivity index (χ1) is 11.0. The van der Waals surface area contributed by atoms with Crippen molar-refractivity contribution in [1.82, 2.24) is 4.90 Å². The van der Waals surface area contributed by atoms with Gasteiger partial charge < -0.3 is 15.2 Å². The first-order valence-electron chi connectivity index (χ1n) is 8.77. The predicted molar refractivity (Wildman–Crippen MR) is 108 cm³/mol. The third-order valence-electron chi connectivity index (χ3n) is 5.46. The van der Waals surface area contributed by atoms with Crippen LogP contribution in [0.25, 0.3) is 0 Å².